The zero-order valence-corrected chi connectivity index (χ0v) is 15.5. The summed E-state index contributed by atoms with van der Waals surface area (Å²) in [4.78, 5) is 0.0365. The molecular formula is C16H24ClNO5S. The largest absolute Gasteiger partial charge is 0.492 e. The molecule has 1 aromatic carbocycles. The van der Waals surface area contributed by atoms with Gasteiger partial charge < -0.3 is 14.9 Å². The SMILES string of the molecule is CCOc1cc(C)c(Cl)cc1S(=O)(=O)N1CCCC(O)(CO)CC1. The van der Waals surface area contributed by atoms with Gasteiger partial charge in [-0.15, -0.1) is 0 Å². The fourth-order valence-electron chi connectivity index (χ4n) is 2.80. The Morgan fingerprint density at radius 1 is 1.33 bits per heavy atom. The fourth-order valence-corrected chi connectivity index (χ4v) is 4.64. The number of nitrogens with zero attached hydrogens (tertiary/aromatic N) is 1. The van der Waals surface area contributed by atoms with Crippen LogP contribution in [0.1, 0.15) is 31.7 Å². The fraction of sp³-hybridized carbons (Fsp3) is 0.625. The molecule has 1 saturated heterocycles. The van der Waals surface area contributed by atoms with Crippen LogP contribution in [-0.2, 0) is 10.0 Å². The number of benzene rings is 1. The van der Waals surface area contributed by atoms with Crippen molar-refractivity contribution in [1.29, 1.82) is 0 Å². The molecular weight excluding hydrogens is 354 g/mol. The lowest BCUT2D eigenvalue weighted by atomic mass is 9.96. The predicted molar refractivity (Wildman–Crippen MR) is 92.0 cm³/mol. The molecule has 8 heteroatoms. The van der Waals surface area contributed by atoms with Gasteiger partial charge in [-0.2, -0.15) is 4.31 Å². The minimum atomic E-state index is -3.80. The number of sulfonamides is 1. The van der Waals surface area contributed by atoms with Crippen LogP contribution in [0.25, 0.3) is 0 Å². The maximum atomic E-state index is 13.0. The number of ether oxygens (including phenoxy) is 1. The molecule has 0 radical (unpaired) electrons. The third-order valence-electron chi connectivity index (χ3n) is 4.31. The van der Waals surface area contributed by atoms with Crippen molar-refractivity contribution in [3.8, 4) is 5.75 Å². The summed E-state index contributed by atoms with van der Waals surface area (Å²) < 4.78 is 32.9. The average Bonchev–Trinajstić information content (AvgIpc) is 2.74. The van der Waals surface area contributed by atoms with E-state index in [2.05, 4.69) is 0 Å². The van der Waals surface area contributed by atoms with Crippen molar-refractivity contribution < 1.29 is 23.4 Å². The predicted octanol–water partition coefficient (Wildman–Crippen LogP) is 1.95. The first-order valence-corrected chi connectivity index (χ1v) is 9.81. The van der Waals surface area contributed by atoms with Gasteiger partial charge in [-0.1, -0.05) is 11.6 Å². The topological polar surface area (TPSA) is 87.1 Å². The summed E-state index contributed by atoms with van der Waals surface area (Å²) >= 11 is 6.12. The summed E-state index contributed by atoms with van der Waals surface area (Å²) in [7, 11) is -3.80. The highest BCUT2D eigenvalue weighted by Crippen LogP contribution is 2.34. The summed E-state index contributed by atoms with van der Waals surface area (Å²) in [5.74, 6) is 0.279. The number of hydrogen-bond acceptors (Lipinski definition) is 5. The van der Waals surface area contributed by atoms with Gasteiger partial charge in [0.05, 0.1) is 18.8 Å². The number of hydrogen-bond donors (Lipinski definition) is 2. The molecule has 0 aliphatic carbocycles. The normalized spacial score (nSPS) is 23.0. The van der Waals surface area contributed by atoms with Gasteiger partial charge in [0, 0.05) is 18.1 Å². The highest BCUT2D eigenvalue weighted by Gasteiger charge is 2.35. The number of rotatable bonds is 5. The van der Waals surface area contributed by atoms with Crippen LogP contribution in [0.5, 0.6) is 5.75 Å². The lowest BCUT2D eigenvalue weighted by molar-refractivity contribution is -0.0244. The summed E-state index contributed by atoms with van der Waals surface area (Å²) in [6, 6.07) is 3.04. The summed E-state index contributed by atoms with van der Waals surface area (Å²) in [6.07, 6.45) is 1.02. The smallest absolute Gasteiger partial charge is 0.246 e. The van der Waals surface area contributed by atoms with Crippen LogP contribution in [0.15, 0.2) is 17.0 Å². The number of aliphatic hydroxyl groups excluding tert-OH is 1. The van der Waals surface area contributed by atoms with Crippen molar-refractivity contribution in [2.75, 3.05) is 26.3 Å². The minimum absolute atomic E-state index is 0.0365. The molecule has 0 spiro atoms. The Morgan fingerprint density at radius 3 is 2.67 bits per heavy atom. The van der Waals surface area contributed by atoms with Crippen molar-refractivity contribution in [1.82, 2.24) is 4.31 Å². The van der Waals surface area contributed by atoms with Crippen molar-refractivity contribution in [2.45, 2.75) is 43.6 Å². The van der Waals surface area contributed by atoms with Crippen LogP contribution in [0.3, 0.4) is 0 Å². The van der Waals surface area contributed by atoms with E-state index in [-0.39, 0.29) is 36.8 Å². The molecule has 136 valence electrons. The zero-order valence-electron chi connectivity index (χ0n) is 14.0. The van der Waals surface area contributed by atoms with E-state index in [0.717, 1.165) is 5.56 Å². The molecule has 1 aromatic rings. The Bertz CT molecular complexity index is 694. The molecule has 1 aliphatic heterocycles. The zero-order chi connectivity index (χ0) is 18.0. The molecule has 0 amide bonds. The molecule has 0 saturated carbocycles. The van der Waals surface area contributed by atoms with E-state index in [4.69, 9.17) is 16.3 Å². The van der Waals surface area contributed by atoms with Gasteiger partial charge in [-0.25, -0.2) is 8.42 Å². The van der Waals surface area contributed by atoms with E-state index in [9.17, 15) is 18.6 Å². The lowest BCUT2D eigenvalue weighted by Gasteiger charge is -2.25. The van der Waals surface area contributed by atoms with Gasteiger partial charge >= 0.3 is 0 Å². The first-order valence-electron chi connectivity index (χ1n) is 8.00. The van der Waals surface area contributed by atoms with E-state index in [1.54, 1.807) is 19.9 Å². The van der Waals surface area contributed by atoms with E-state index in [0.29, 0.717) is 24.5 Å². The third kappa shape index (κ3) is 4.03. The first-order chi connectivity index (χ1) is 11.2. The average molecular weight is 378 g/mol. The van der Waals surface area contributed by atoms with E-state index < -0.39 is 15.6 Å². The minimum Gasteiger partial charge on any atom is -0.492 e. The summed E-state index contributed by atoms with van der Waals surface area (Å²) in [5, 5.41) is 19.9. The van der Waals surface area contributed by atoms with Gasteiger partial charge in [0.1, 0.15) is 10.6 Å². The van der Waals surface area contributed by atoms with Gasteiger partial charge in [-0.05, 0) is 50.8 Å². The maximum Gasteiger partial charge on any atom is 0.246 e. The molecule has 1 unspecified atom stereocenters. The molecule has 0 bridgehead atoms. The molecule has 6 nitrogen and oxygen atoms in total. The second kappa shape index (κ2) is 7.58. The lowest BCUT2D eigenvalue weighted by Crippen LogP contribution is -2.36. The molecule has 1 heterocycles. The van der Waals surface area contributed by atoms with Crippen molar-refractivity contribution in [3.05, 3.63) is 22.7 Å². The quantitative estimate of drug-likeness (QED) is 0.818. The van der Waals surface area contributed by atoms with Crippen molar-refractivity contribution in [2.24, 2.45) is 0 Å². The molecule has 2 rings (SSSR count). The van der Waals surface area contributed by atoms with E-state index >= 15 is 0 Å². The first kappa shape index (κ1) is 19.5. The molecule has 2 N–H and O–H groups in total. The molecule has 24 heavy (non-hydrogen) atoms. The second-order valence-electron chi connectivity index (χ2n) is 6.12. The van der Waals surface area contributed by atoms with E-state index in [1.165, 1.54) is 10.4 Å². The van der Waals surface area contributed by atoms with Crippen LogP contribution < -0.4 is 4.74 Å². The van der Waals surface area contributed by atoms with Crippen LogP contribution in [-0.4, -0.2) is 54.8 Å². The van der Waals surface area contributed by atoms with E-state index in [1.807, 2.05) is 0 Å². The number of aryl methyl sites for hydroxylation is 1. The Hall–Kier alpha value is -0.860. The third-order valence-corrected chi connectivity index (χ3v) is 6.64. The Kier molecular flexibility index (Phi) is 6.14. The molecule has 0 aromatic heterocycles. The van der Waals surface area contributed by atoms with Crippen LogP contribution in [0, 0.1) is 6.92 Å². The molecule has 1 aliphatic rings. The maximum absolute atomic E-state index is 13.0. The van der Waals surface area contributed by atoms with Crippen LogP contribution in [0.2, 0.25) is 5.02 Å². The molecule has 1 atom stereocenters. The second-order valence-corrected chi connectivity index (χ2v) is 8.43. The standard InChI is InChI=1S/C16H24ClNO5S/c1-3-23-14-9-12(2)13(17)10-15(14)24(21,22)18-7-4-5-16(20,11-19)6-8-18/h9-10,19-20H,3-8,11H2,1-2H3. The number of halogens is 1. The summed E-state index contributed by atoms with van der Waals surface area (Å²) in [6.45, 7) is 3.95. The van der Waals surface area contributed by atoms with Crippen LogP contribution in [0.4, 0.5) is 0 Å². The highest BCUT2D eigenvalue weighted by atomic mass is 35.5. The number of aliphatic hydroxyl groups is 2. The highest BCUT2D eigenvalue weighted by molar-refractivity contribution is 7.89. The van der Waals surface area contributed by atoms with Crippen molar-refractivity contribution in [3.63, 3.8) is 0 Å². The van der Waals surface area contributed by atoms with Crippen LogP contribution >= 0.6 is 11.6 Å². The van der Waals surface area contributed by atoms with Gasteiger partial charge in [0.2, 0.25) is 10.0 Å². The van der Waals surface area contributed by atoms with Gasteiger partial charge in [0.25, 0.3) is 0 Å². The Labute approximate surface area is 148 Å². The Balaban J connectivity index is 2.38. The van der Waals surface area contributed by atoms with Gasteiger partial charge in [-0.3, -0.25) is 0 Å². The van der Waals surface area contributed by atoms with Crippen molar-refractivity contribution >= 4 is 21.6 Å². The van der Waals surface area contributed by atoms with Gasteiger partial charge in [0.15, 0.2) is 0 Å². The summed E-state index contributed by atoms with van der Waals surface area (Å²) in [5.41, 5.74) is -0.484. The Morgan fingerprint density at radius 2 is 2.04 bits per heavy atom. The molecule has 1 fully saturated rings. The monoisotopic (exact) mass is 377 g/mol.